The van der Waals surface area contributed by atoms with Gasteiger partial charge in [-0.1, -0.05) is 36.8 Å². The molecule has 3 N–H and O–H groups in total. The summed E-state index contributed by atoms with van der Waals surface area (Å²) in [5.41, 5.74) is 5.77. The van der Waals surface area contributed by atoms with E-state index in [1.807, 2.05) is 30.3 Å². The summed E-state index contributed by atoms with van der Waals surface area (Å²) < 4.78 is 0. The van der Waals surface area contributed by atoms with Gasteiger partial charge < -0.3 is 5.43 Å². The molecular formula is C13H16N4. The fraction of sp³-hybridized carbons (Fsp3) is 0.231. The number of rotatable bonds is 3. The minimum Gasteiger partial charge on any atom is -0.308 e. The molecule has 1 aromatic carbocycles. The molecule has 1 aromatic heterocycles. The maximum Gasteiger partial charge on any atom is 0.161 e. The van der Waals surface area contributed by atoms with Crippen LogP contribution >= 0.6 is 0 Å². The molecule has 2 aromatic rings. The number of hydrogen-bond acceptors (Lipinski definition) is 4. The van der Waals surface area contributed by atoms with E-state index in [9.17, 15) is 0 Å². The van der Waals surface area contributed by atoms with Crippen molar-refractivity contribution in [2.75, 3.05) is 5.43 Å². The Morgan fingerprint density at radius 1 is 1.18 bits per heavy atom. The molecule has 2 rings (SSSR count). The van der Waals surface area contributed by atoms with Crippen LogP contribution in [0.3, 0.4) is 0 Å². The van der Waals surface area contributed by atoms with E-state index in [1.165, 1.54) is 5.56 Å². The molecule has 0 spiro atoms. The molecule has 0 fully saturated rings. The third-order valence-corrected chi connectivity index (χ3v) is 2.60. The number of aryl methyl sites for hydroxylation is 2. The zero-order valence-corrected chi connectivity index (χ0v) is 10.1. The highest BCUT2D eigenvalue weighted by molar-refractivity contribution is 5.57. The molecular weight excluding hydrogens is 212 g/mol. The van der Waals surface area contributed by atoms with Crippen molar-refractivity contribution in [3.8, 4) is 11.4 Å². The zero-order chi connectivity index (χ0) is 12.3. The molecule has 0 saturated heterocycles. The van der Waals surface area contributed by atoms with Crippen LogP contribution < -0.4 is 11.3 Å². The fourth-order valence-corrected chi connectivity index (χ4v) is 1.58. The van der Waals surface area contributed by atoms with Gasteiger partial charge in [-0.15, -0.1) is 0 Å². The van der Waals surface area contributed by atoms with Crippen LogP contribution in [0.1, 0.15) is 18.2 Å². The van der Waals surface area contributed by atoms with Gasteiger partial charge in [0.2, 0.25) is 0 Å². The first-order chi connectivity index (χ1) is 8.22. The summed E-state index contributed by atoms with van der Waals surface area (Å²) in [7, 11) is 0. The smallest absolute Gasteiger partial charge is 0.161 e. The van der Waals surface area contributed by atoms with Gasteiger partial charge in [0.15, 0.2) is 5.82 Å². The lowest BCUT2D eigenvalue weighted by Gasteiger charge is -2.06. The van der Waals surface area contributed by atoms with Crippen LogP contribution in [0.5, 0.6) is 0 Å². The number of hydrazine groups is 1. The van der Waals surface area contributed by atoms with E-state index in [4.69, 9.17) is 5.84 Å². The Kier molecular flexibility index (Phi) is 3.35. The normalized spacial score (nSPS) is 10.3. The topological polar surface area (TPSA) is 63.8 Å². The Morgan fingerprint density at radius 2 is 1.88 bits per heavy atom. The Morgan fingerprint density at radius 3 is 2.47 bits per heavy atom. The summed E-state index contributed by atoms with van der Waals surface area (Å²) in [6, 6.07) is 9.99. The molecule has 0 unspecified atom stereocenters. The van der Waals surface area contributed by atoms with E-state index in [-0.39, 0.29) is 0 Å². The van der Waals surface area contributed by atoms with Crippen LogP contribution in [0, 0.1) is 6.92 Å². The summed E-state index contributed by atoms with van der Waals surface area (Å²) >= 11 is 0. The summed E-state index contributed by atoms with van der Waals surface area (Å²) in [6.07, 6.45) is 0.857. The highest BCUT2D eigenvalue weighted by atomic mass is 15.3. The molecule has 0 radical (unpaired) electrons. The number of benzene rings is 1. The number of anilines is 1. The van der Waals surface area contributed by atoms with Crippen molar-refractivity contribution in [2.24, 2.45) is 5.84 Å². The summed E-state index contributed by atoms with van der Waals surface area (Å²) in [4.78, 5) is 8.85. The average Bonchev–Trinajstić information content (AvgIpc) is 2.39. The van der Waals surface area contributed by atoms with E-state index in [2.05, 4.69) is 29.2 Å². The number of nitrogens with two attached hydrogens (primary N) is 1. The van der Waals surface area contributed by atoms with Crippen molar-refractivity contribution >= 4 is 5.82 Å². The lowest BCUT2D eigenvalue weighted by molar-refractivity contribution is 1.00. The number of nitrogen functional groups attached to an aromatic ring is 1. The van der Waals surface area contributed by atoms with E-state index in [1.54, 1.807) is 0 Å². The van der Waals surface area contributed by atoms with Crippen molar-refractivity contribution in [1.82, 2.24) is 9.97 Å². The van der Waals surface area contributed by atoms with Gasteiger partial charge in [-0.2, -0.15) is 0 Å². The minimum absolute atomic E-state index is 0.646. The standard InChI is InChI=1S/C13H16N4/c1-3-11-8-12(17-14)16-13(15-11)10-6-4-9(2)5-7-10/h4-8H,3,14H2,1-2H3,(H,15,16,17). The van der Waals surface area contributed by atoms with Gasteiger partial charge in [0.05, 0.1) is 0 Å². The molecule has 0 saturated carbocycles. The first-order valence-corrected chi connectivity index (χ1v) is 5.64. The minimum atomic E-state index is 0.646. The van der Waals surface area contributed by atoms with Crippen molar-refractivity contribution in [3.63, 3.8) is 0 Å². The maximum atomic E-state index is 5.40. The second-order valence-corrected chi connectivity index (χ2v) is 3.93. The van der Waals surface area contributed by atoms with Crippen LogP contribution in [0.4, 0.5) is 5.82 Å². The summed E-state index contributed by atoms with van der Waals surface area (Å²) in [6.45, 7) is 4.11. The van der Waals surface area contributed by atoms with E-state index in [0.717, 1.165) is 17.7 Å². The molecule has 88 valence electrons. The molecule has 0 aliphatic rings. The molecule has 17 heavy (non-hydrogen) atoms. The zero-order valence-electron chi connectivity index (χ0n) is 10.1. The van der Waals surface area contributed by atoms with Crippen LogP contribution in [-0.2, 0) is 6.42 Å². The predicted molar refractivity (Wildman–Crippen MR) is 69.4 cm³/mol. The molecule has 0 bridgehead atoms. The van der Waals surface area contributed by atoms with E-state index >= 15 is 0 Å². The van der Waals surface area contributed by atoms with Crippen LogP contribution in [0.2, 0.25) is 0 Å². The molecule has 4 heteroatoms. The number of nitrogens with one attached hydrogen (secondary N) is 1. The molecule has 0 amide bonds. The largest absolute Gasteiger partial charge is 0.308 e. The second-order valence-electron chi connectivity index (χ2n) is 3.93. The van der Waals surface area contributed by atoms with E-state index < -0.39 is 0 Å². The van der Waals surface area contributed by atoms with Crippen molar-refractivity contribution in [3.05, 3.63) is 41.6 Å². The maximum absolute atomic E-state index is 5.40. The lowest BCUT2D eigenvalue weighted by atomic mass is 10.1. The average molecular weight is 228 g/mol. The molecule has 0 aliphatic heterocycles. The molecule has 4 nitrogen and oxygen atoms in total. The van der Waals surface area contributed by atoms with E-state index in [0.29, 0.717) is 11.6 Å². The van der Waals surface area contributed by atoms with Crippen LogP contribution in [-0.4, -0.2) is 9.97 Å². The molecule has 0 atom stereocenters. The third-order valence-electron chi connectivity index (χ3n) is 2.60. The molecule has 1 heterocycles. The van der Waals surface area contributed by atoms with Gasteiger partial charge in [0.25, 0.3) is 0 Å². The third kappa shape index (κ3) is 2.60. The van der Waals surface area contributed by atoms with Crippen molar-refractivity contribution < 1.29 is 0 Å². The SMILES string of the molecule is CCc1cc(NN)nc(-c2ccc(C)cc2)n1. The fourth-order valence-electron chi connectivity index (χ4n) is 1.58. The first kappa shape index (κ1) is 11.5. The second kappa shape index (κ2) is 4.93. The predicted octanol–water partition coefficient (Wildman–Crippen LogP) is 2.30. The van der Waals surface area contributed by atoms with Gasteiger partial charge >= 0.3 is 0 Å². The van der Waals surface area contributed by atoms with Gasteiger partial charge in [-0.25, -0.2) is 15.8 Å². The van der Waals surface area contributed by atoms with Gasteiger partial charge in [0.1, 0.15) is 5.82 Å². The highest BCUT2D eigenvalue weighted by Gasteiger charge is 2.05. The quantitative estimate of drug-likeness (QED) is 0.625. The van der Waals surface area contributed by atoms with Gasteiger partial charge in [-0.3, -0.25) is 0 Å². The Bertz CT molecular complexity index is 483. The Labute approximate surface area is 101 Å². The summed E-state index contributed by atoms with van der Waals surface area (Å²) in [5, 5.41) is 0. The van der Waals surface area contributed by atoms with Crippen LogP contribution in [0.15, 0.2) is 30.3 Å². The monoisotopic (exact) mass is 228 g/mol. The number of nitrogens with zero attached hydrogens (tertiary/aromatic N) is 2. The Hall–Kier alpha value is -1.94. The van der Waals surface area contributed by atoms with Crippen molar-refractivity contribution in [1.29, 1.82) is 0 Å². The van der Waals surface area contributed by atoms with Crippen molar-refractivity contribution in [2.45, 2.75) is 20.3 Å². The lowest BCUT2D eigenvalue weighted by Crippen LogP contribution is -2.10. The van der Waals surface area contributed by atoms with Gasteiger partial charge in [-0.05, 0) is 13.3 Å². The highest BCUT2D eigenvalue weighted by Crippen LogP contribution is 2.18. The number of aromatic nitrogens is 2. The van der Waals surface area contributed by atoms with Gasteiger partial charge in [0, 0.05) is 17.3 Å². The first-order valence-electron chi connectivity index (χ1n) is 5.64. The Balaban J connectivity index is 2.46. The number of hydrogen-bond donors (Lipinski definition) is 2. The molecule has 0 aliphatic carbocycles. The summed E-state index contributed by atoms with van der Waals surface area (Å²) in [5.74, 6) is 6.76. The van der Waals surface area contributed by atoms with Crippen LogP contribution in [0.25, 0.3) is 11.4 Å².